The average Bonchev–Trinajstić information content (AvgIpc) is 2.78. The van der Waals surface area contributed by atoms with Crippen LogP contribution in [0.2, 0.25) is 0 Å². The molecule has 1 atom stereocenters. The third kappa shape index (κ3) is 2.14. The van der Waals surface area contributed by atoms with Crippen LogP contribution in [0.15, 0.2) is 30.7 Å². The molecule has 0 aliphatic rings. The molecule has 17 heavy (non-hydrogen) atoms. The lowest BCUT2D eigenvalue weighted by molar-refractivity contribution is 0.413. The molecule has 0 unspecified atom stereocenters. The van der Waals surface area contributed by atoms with Gasteiger partial charge in [0, 0.05) is 12.1 Å². The predicted molar refractivity (Wildman–Crippen MR) is 62.7 cm³/mol. The van der Waals surface area contributed by atoms with Crippen molar-refractivity contribution in [3.05, 3.63) is 42.2 Å². The van der Waals surface area contributed by atoms with Crippen molar-refractivity contribution in [3.8, 4) is 11.4 Å². The van der Waals surface area contributed by atoms with E-state index < -0.39 is 0 Å². The molecule has 0 aliphatic heterocycles. The van der Waals surface area contributed by atoms with E-state index in [-0.39, 0.29) is 11.9 Å². The van der Waals surface area contributed by atoms with E-state index in [1.807, 2.05) is 6.92 Å². The van der Waals surface area contributed by atoms with E-state index >= 15 is 0 Å². The van der Waals surface area contributed by atoms with E-state index in [9.17, 15) is 4.39 Å². The zero-order chi connectivity index (χ0) is 12.4. The van der Waals surface area contributed by atoms with Crippen LogP contribution >= 0.6 is 0 Å². The van der Waals surface area contributed by atoms with Gasteiger partial charge in [0.1, 0.15) is 11.6 Å². The Morgan fingerprint density at radius 3 is 2.88 bits per heavy atom. The van der Waals surface area contributed by atoms with Crippen molar-refractivity contribution in [2.75, 3.05) is 7.11 Å². The monoisotopic (exact) mass is 235 g/mol. The first-order chi connectivity index (χ1) is 8.13. The van der Waals surface area contributed by atoms with Gasteiger partial charge in [0.25, 0.3) is 0 Å². The van der Waals surface area contributed by atoms with Crippen LogP contribution in [0.25, 0.3) is 5.69 Å². The van der Waals surface area contributed by atoms with Gasteiger partial charge in [-0.05, 0) is 19.1 Å². The van der Waals surface area contributed by atoms with E-state index in [0.29, 0.717) is 11.4 Å². The summed E-state index contributed by atoms with van der Waals surface area (Å²) in [6.45, 7) is 1.82. The molecule has 90 valence electrons. The van der Waals surface area contributed by atoms with E-state index in [1.165, 1.54) is 19.5 Å². The largest absolute Gasteiger partial charge is 0.497 e. The topological polar surface area (TPSA) is 53.1 Å². The highest BCUT2D eigenvalue weighted by Crippen LogP contribution is 2.23. The van der Waals surface area contributed by atoms with Gasteiger partial charge in [-0.3, -0.25) is 4.57 Å². The molecule has 0 bridgehead atoms. The summed E-state index contributed by atoms with van der Waals surface area (Å²) in [5.74, 6) is 0.247. The molecule has 1 heterocycles. The summed E-state index contributed by atoms with van der Waals surface area (Å²) >= 11 is 0. The van der Waals surface area contributed by atoms with Crippen LogP contribution in [0.3, 0.4) is 0 Å². The van der Waals surface area contributed by atoms with Crippen molar-refractivity contribution in [2.24, 2.45) is 5.73 Å². The number of methoxy groups -OCH3 is 1. The Morgan fingerprint density at radius 1 is 1.47 bits per heavy atom. The number of ether oxygens (including phenoxy) is 1. The second-order valence-corrected chi connectivity index (χ2v) is 3.79. The van der Waals surface area contributed by atoms with Crippen LogP contribution < -0.4 is 10.5 Å². The van der Waals surface area contributed by atoms with E-state index in [4.69, 9.17) is 10.5 Å². The predicted octanol–water partition coefficient (Wildman–Crippen LogP) is 2.04. The van der Waals surface area contributed by atoms with Crippen LogP contribution in [0.5, 0.6) is 5.75 Å². The second kappa shape index (κ2) is 4.55. The number of hydrogen-bond acceptors (Lipinski definition) is 3. The van der Waals surface area contributed by atoms with Crippen molar-refractivity contribution in [1.29, 1.82) is 0 Å². The summed E-state index contributed by atoms with van der Waals surface area (Å²) in [7, 11) is 1.54. The van der Waals surface area contributed by atoms with Crippen molar-refractivity contribution in [2.45, 2.75) is 13.0 Å². The zero-order valence-electron chi connectivity index (χ0n) is 9.72. The molecular weight excluding hydrogens is 221 g/mol. The highest BCUT2D eigenvalue weighted by atomic mass is 19.1. The van der Waals surface area contributed by atoms with Gasteiger partial charge in [-0.15, -0.1) is 0 Å². The van der Waals surface area contributed by atoms with Crippen molar-refractivity contribution in [3.63, 3.8) is 0 Å². The lowest BCUT2D eigenvalue weighted by Gasteiger charge is -2.12. The molecule has 0 spiro atoms. The van der Waals surface area contributed by atoms with Gasteiger partial charge in [0.2, 0.25) is 0 Å². The maximum atomic E-state index is 13.8. The fraction of sp³-hybridized carbons (Fsp3) is 0.250. The highest BCUT2D eigenvalue weighted by Gasteiger charge is 2.12. The highest BCUT2D eigenvalue weighted by molar-refractivity contribution is 5.42. The maximum absolute atomic E-state index is 13.8. The third-order valence-corrected chi connectivity index (χ3v) is 2.55. The van der Waals surface area contributed by atoms with Crippen molar-refractivity contribution < 1.29 is 9.13 Å². The van der Waals surface area contributed by atoms with Gasteiger partial charge in [0.05, 0.1) is 31.0 Å². The summed E-state index contributed by atoms with van der Waals surface area (Å²) < 4.78 is 20.5. The molecular formula is C12H14FN3O. The van der Waals surface area contributed by atoms with Gasteiger partial charge in [0.15, 0.2) is 0 Å². The number of rotatable bonds is 3. The van der Waals surface area contributed by atoms with E-state index in [2.05, 4.69) is 4.98 Å². The lowest BCUT2D eigenvalue weighted by atomic mass is 10.2. The summed E-state index contributed by atoms with van der Waals surface area (Å²) in [5, 5.41) is 0. The first kappa shape index (κ1) is 11.6. The number of benzene rings is 1. The van der Waals surface area contributed by atoms with Crippen LogP contribution in [0.1, 0.15) is 18.7 Å². The molecule has 4 nitrogen and oxygen atoms in total. The van der Waals surface area contributed by atoms with Crippen LogP contribution in [-0.2, 0) is 0 Å². The first-order valence-electron chi connectivity index (χ1n) is 5.25. The summed E-state index contributed by atoms with van der Waals surface area (Å²) in [6.07, 6.45) is 3.17. The Balaban J connectivity index is 2.55. The van der Waals surface area contributed by atoms with E-state index in [1.54, 1.807) is 22.9 Å². The molecule has 0 radical (unpaired) electrons. The summed E-state index contributed by atoms with van der Waals surface area (Å²) in [4.78, 5) is 3.99. The van der Waals surface area contributed by atoms with Gasteiger partial charge in [-0.2, -0.15) is 0 Å². The normalized spacial score (nSPS) is 12.5. The first-order valence-corrected chi connectivity index (χ1v) is 5.25. The zero-order valence-corrected chi connectivity index (χ0v) is 9.72. The number of hydrogen-bond donors (Lipinski definition) is 1. The SMILES string of the molecule is COc1ccc(F)c(-n2cncc2[C@@H](C)N)c1. The van der Waals surface area contributed by atoms with Crippen LogP contribution in [-0.4, -0.2) is 16.7 Å². The molecule has 0 saturated carbocycles. The van der Waals surface area contributed by atoms with Gasteiger partial charge in [-0.1, -0.05) is 0 Å². The Labute approximate surface area is 98.8 Å². The van der Waals surface area contributed by atoms with Crippen molar-refractivity contribution in [1.82, 2.24) is 9.55 Å². The minimum atomic E-state index is -0.342. The molecule has 0 amide bonds. The second-order valence-electron chi connectivity index (χ2n) is 3.79. The summed E-state index contributed by atoms with van der Waals surface area (Å²) in [5.41, 5.74) is 6.93. The molecule has 1 aromatic heterocycles. The Hall–Kier alpha value is -1.88. The smallest absolute Gasteiger partial charge is 0.147 e. The Kier molecular flexibility index (Phi) is 3.10. The van der Waals surface area contributed by atoms with Crippen molar-refractivity contribution >= 4 is 0 Å². The Bertz CT molecular complexity index is 522. The Morgan fingerprint density at radius 2 is 2.24 bits per heavy atom. The lowest BCUT2D eigenvalue weighted by Crippen LogP contribution is -2.11. The van der Waals surface area contributed by atoms with Gasteiger partial charge < -0.3 is 10.5 Å². The van der Waals surface area contributed by atoms with E-state index in [0.717, 1.165) is 5.69 Å². The molecule has 1 aromatic carbocycles. The van der Waals surface area contributed by atoms with Gasteiger partial charge >= 0.3 is 0 Å². The number of imidazole rings is 1. The standard InChI is InChI=1S/C12H14FN3O/c1-8(14)12-6-15-7-16(12)11-5-9(17-2)3-4-10(11)13/h3-8H,14H2,1-2H3/t8-/m1/s1. The average molecular weight is 235 g/mol. The van der Waals surface area contributed by atoms with Gasteiger partial charge in [-0.25, -0.2) is 9.37 Å². The molecule has 0 fully saturated rings. The fourth-order valence-electron chi connectivity index (χ4n) is 1.65. The molecule has 2 rings (SSSR count). The molecule has 0 saturated heterocycles. The minimum absolute atomic E-state index is 0.219. The molecule has 0 aliphatic carbocycles. The quantitative estimate of drug-likeness (QED) is 0.885. The minimum Gasteiger partial charge on any atom is -0.497 e. The molecule has 2 aromatic rings. The fourth-order valence-corrected chi connectivity index (χ4v) is 1.65. The van der Waals surface area contributed by atoms with Crippen LogP contribution in [0.4, 0.5) is 4.39 Å². The van der Waals surface area contributed by atoms with Crippen LogP contribution in [0, 0.1) is 5.82 Å². The number of nitrogens with zero attached hydrogens (tertiary/aromatic N) is 2. The molecule has 2 N–H and O–H groups in total. The number of aromatic nitrogens is 2. The summed E-state index contributed by atoms with van der Waals surface area (Å²) in [6, 6.07) is 4.33. The number of halogens is 1. The third-order valence-electron chi connectivity index (χ3n) is 2.55. The number of nitrogens with two attached hydrogens (primary N) is 1. The maximum Gasteiger partial charge on any atom is 0.147 e. The molecule has 5 heteroatoms.